The smallest absolute Gasteiger partial charge is 0.0964 e. The van der Waals surface area contributed by atoms with Gasteiger partial charge in [-0.3, -0.25) is 0 Å². The molecule has 5 nitrogen and oxygen atoms in total. The SMILES string of the molecule is CNCc1cn(C2CN(C)C2)nn1. The molecule has 1 aliphatic rings. The summed E-state index contributed by atoms with van der Waals surface area (Å²) in [7, 11) is 4.03. The third kappa shape index (κ3) is 1.71. The lowest BCUT2D eigenvalue weighted by molar-refractivity contribution is 0.129. The van der Waals surface area contributed by atoms with Gasteiger partial charge in [0.25, 0.3) is 0 Å². The fourth-order valence-electron chi connectivity index (χ4n) is 1.59. The summed E-state index contributed by atoms with van der Waals surface area (Å²) >= 11 is 0. The second kappa shape index (κ2) is 3.43. The number of likely N-dealkylation sites (N-methyl/N-ethyl adjacent to an activating group) is 1. The minimum absolute atomic E-state index is 0.531. The van der Waals surface area contributed by atoms with Crippen LogP contribution in [0.3, 0.4) is 0 Å². The molecule has 0 radical (unpaired) electrons. The molecule has 2 rings (SSSR count). The molecule has 0 aromatic carbocycles. The highest BCUT2D eigenvalue weighted by atomic mass is 15.5. The summed E-state index contributed by atoms with van der Waals surface area (Å²) in [5.74, 6) is 0. The van der Waals surface area contributed by atoms with Gasteiger partial charge in [-0.15, -0.1) is 5.10 Å². The van der Waals surface area contributed by atoms with E-state index in [1.165, 1.54) is 0 Å². The Morgan fingerprint density at radius 2 is 2.38 bits per heavy atom. The number of hydrogen-bond acceptors (Lipinski definition) is 4. The van der Waals surface area contributed by atoms with Crippen molar-refractivity contribution < 1.29 is 0 Å². The van der Waals surface area contributed by atoms with Gasteiger partial charge in [0.05, 0.1) is 17.9 Å². The van der Waals surface area contributed by atoms with Gasteiger partial charge in [0, 0.05) is 19.6 Å². The van der Waals surface area contributed by atoms with Gasteiger partial charge in [-0.05, 0) is 14.1 Å². The molecule has 1 aromatic rings. The molecular formula is C8H15N5. The Morgan fingerprint density at radius 3 is 3.00 bits per heavy atom. The normalized spacial score (nSPS) is 18.9. The van der Waals surface area contributed by atoms with Crippen LogP contribution in [-0.4, -0.2) is 47.1 Å². The molecule has 0 spiro atoms. The van der Waals surface area contributed by atoms with E-state index in [9.17, 15) is 0 Å². The van der Waals surface area contributed by atoms with Crippen molar-refractivity contribution in [3.8, 4) is 0 Å². The molecule has 1 aromatic heterocycles. The fourth-order valence-corrected chi connectivity index (χ4v) is 1.59. The van der Waals surface area contributed by atoms with Crippen LogP contribution in [-0.2, 0) is 6.54 Å². The van der Waals surface area contributed by atoms with Crippen LogP contribution in [0.2, 0.25) is 0 Å². The Bertz CT molecular complexity index is 276. The van der Waals surface area contributed by atoms with Crippen molar-refractivity contribution in [2.75, 3.05) is 27.2 Å². The molecule has 0 bridgehead atoms. The molecular weight excluding hydrogens is 166 g/mol. The van der Waals surface area contributed by atoms with E-state index in [0.29, 0.717) is 6.04 Å². The van der Waals surface area contributed by atoms with Crippen LogP contribution in [0.1, 0.15) is 11.7 Å². The standard InChI is InChI=1S/C8H15N5/c1-9-3-7-4-13(11-10-7)8-5-12(2)6-8/h4,8-9H,3,5-6H2,1-2H3. The van der Waals surface area contributed by atoms with Crippen molar-refractivity contribution in [1.29, 1.82) is 0 Å². The van der Waals surface area contributed by atoms with Crippen LogP contribution < -0.4 is 5.32 Å². The molecule has 13 heavy (non-hydrogen) atoms. The third-order valence-corrected chi connectivity index (χ3v) is 2.33. The first-order valence-corrected chi connectivity index (χ1v) is 4.53. The summed E-state index contributed by atoms with van der Waals surface area (Å²) in [6, 6.07) is 0.531. The van der Waals surface area contributed by atoms with Crippen LogP contribution >= 0.6 is 0 Å². The Morgan fingerprint density at radius 1 is 1.62 bits per heavy atom. The van der Waals surface area contributed by atoms with Gasteiger partial charge in [0.15, 0.2) is 0 Å². The quantitative estimate of drug-likeness (QED) is 0.682. The van der Waals surface area contributed by atoms with Gasteiger partial charge in [-0.25, -0.2) is 4.68 Å². The van der Waals surface area contributed by atoms with Crippen molar-refractivity contribution in [2.24, 2.45) is 0 Å². The largest absolute Gasteiger partial charge is 0.314 e. The van der Waals surface area contributed by atoms with Crippen LogP contribution in [0, 0.1) is 0 Å². The van der Waals surface area contributed by atoms with Crippen molar-refractivity contribution in [2.45, 2.75) is 12.6 Å². The van der Waals surface area contributed by atoms with Gasteiger partial charge in [-0.2, -0.15) is 0 Å². The maximum absolute atomic E-state index is 4.09. The molecule has 0 saturated carbocycles. The molecule has 1 fully saturated rings. The zero-order valence-electron chi connectivity index (χ0n) is 8.06. The maximum atomic E-state index is 4.09. The maximum Gasteiger partial charge on any atom is 0.0964 e. The van der Waals surface area contributed by atoms with Crippen LogP contribution in [0.25, 0.3) is 0 Å². The highest BCUT2D eigenvalue weighted by Crippen LogP contribution is 2.17. The first-order chi connectivity index (χ1) is 6.29. The van der Waals surface area contributed by atoms with E-state index < -0.39 is 0 Å². The molecule has 2 heterocycles. The Labute approximate surface area is 77.7 Å². The molecule has 0 unspecified atom stereocenters. The number of hydrogen-bond donors (Lipinski definition) is 1. The number of aromatic nitrogens is 3. The minimum Gasteiger partial charge on any atom is -0.314 e. The average molecular weight is 181 g/mol. The Balaban J connectivity index is 1.97. The second-order valence-corrected chi connectivity index (χ2v) is 3.60. The second-order valence-electron chi connectivity index (χ2n) is 3.60. The number of likely N-dealkylation sites (tertiary alicyclic amines) is 1. The van der Waals surface area contributed by atoms with E-state index in [0.717, 1.165) is 25.3 Å². The van der Waals surface area contributed by atoms with Gasteiger partial charge in [-0.1, -0.05) is 5.21 Å². The number of nitrogens with one attached hydrogen (secondary N) is 1. The Kier molecular flexibility index (Phi) is 2.28. The van der Waals surface area contributed by atoms with Crippen molar-refractivity contribution in [3.05, 3.63) is 11.9 Å². The lowest BCUT2D eigenvalue weighted by atomic mass is 10.1. The summed E-state index contributed by atoms with van der Waals surface area (Å²) in [4.78, 5) is 2.27. The van der Waals surface area contributed by atoms with E-state index in [4.69, 9.17) is 0 Å². The molecule has 0 aliphatic carbocycles. The lowest BCUT2D eigenvalue weighted by Gasteiger charge is -2.35. The average Bonchev–Trinajstić information content (AvgIpc) is 2.48. The fraction of sp³-hybridized carbons (Fsp3) is 0.750. The third-order valence-electron chi connectivity index (χ3n) is 2.33. The van der Waals surface area contributed by atoms with E-state index in [2.05, 4.69) is 27.6 Å². The highest BCUT2D eigenvalue weighted by Gasteiger charge is 2.25. The van der Waals surface area contributed by atoms with Gasteiger partial charge in [0.2, 0.25) is 0 Å². The molecule has 1 aliphatic heterocycles. The summed E-state index contributed by atoms with van der Waals surface area (Å²) in [5, 5.41) is 11.2. The van der Waals surface area contributed by atoms with Gasteiger partial charge < -0.3 is 10.2 Å². The van der Waals surface area contributed by atoms with Crippen LogP contribution in [0.4, 0.5) is 0 Å². The lowest BCUT2D eigenvalue weighted by Crippen LogP contribution is -2.45. The molecule has 0 amide bonds. The van der Waals surface area contributed by atoms with Gasteiger partial charge >= 0.3 is 0 Å². The van der Waals surface area contributed by atoms with Crippen molar-refractivity contribution in [3.63, 3.8) is 0 Å². The molecule has 5 heteroatoms. The number of rotatable bonds is 3. The highest BCUT2D eigenvalue weighted by molar-refractivity contribution is 4.95. The summed E-state index contributed by atoms with van der Waals surface area (Å²) in [6.07, 6.45) is 2.02. The summed E-state index contributed by atoms with van der Waals surface area (Å²) in [5.41, 5.74) is 1.01. The Hall–Kier alpha value is -0.940. The first kappa shape index (κ1) is 8.65. The van der Waals surface area contributed by atoms with E-state index in [1.54, 1.807) is 0 Å². The molecule has 1 N–H and O–H groups in total. The molecule has 1 saturated heterocycles. The molecule has 0 atom stereocenters. The van der Waals surface area contributed by atoms with Crippen molar-refractivity contribution in [1.82, 2.24) is 25.2 Å². The molecule has 72 valence electrons. The van der Waals surface area contributed by atoms with E-state index >= 15 is 0 Å². The zero-order valence-corrected chi connectivity index (χ0v) is 8.06. The summed E-state index contributed by atoms with van der Waals surface area (Å²) < 4.78 is 1.96. The first-order valence-electron chi connectivity index (χ1n) is 4.53. The summed E-state index contributed by atoms with van der Waals surface area (Å²) in [6.45, 7) is 2.97. The van der Waals surface area contributed by atoms with E-state index in [1.807, 2.05) is 17.9 Å². The minimum atomic E-state index is 0.531. The predicted molar refractivity (Wildman–Crippen MR) is 49.3 cm³/mol. The van der Waals surface area contributed by atoms with E-state index in [-0.39, 0.29) is 0 Å². The van der Waals surface area contributed by atoms with Gasteiger partial charge in [0.1, 0.15) is 0 Å². The predicted octanol–water partition coefficient (Wildman–Crippen LogP) is -0.516. The van der Waals surface area contributed by atoms with Crippen LogP contribution in [0.5, 0.6) is 0 Å². The topological polar surface area (TPSA) is 46.0 Å². The number of nitrogens with zero attached hydrogens (tertiary/aromatic N) is 4. The zero-order chi connectivity index (χ0) is 9.26. The van der Waals surface area contributed by atoms with Crippen LogP contribution in [0.15, 0.2) is 6.20 Å². The monoisotopic (exact) mass is 181 g/mol. The van der Waals surface area contributed by atoms with Crippen molar-refractivity contribution >= 4 is 0 Å².